The first-order chi connectivity index (χ1) is 8.42. The molecule has 0 spiro atoms. The summed E-state index contributed by atoms with van der Waals surface area (Å²) in [5.74, 6) is 0.338. The van der Waals surface area contributed by atoms with E-state index < -0.39 is 10.0 Å². The van der Waals surface area contributed by atoms with E-state index in [1.807, 2.05) is 6.92 Å². The van der Waals surface area contributed by atoms with Gasteiger partial charge in [-0.25, -0.2) is 13.1 Å². The van der Waals surface area contributed by atoms with Crippen LogP contribution in [0.1, 0.15) is 33.6 Å². The molecule has 102 valence electrons. The van der Waals surface area contributed by atoms with Gasteiger partial charge in [-0.15, -0.1) is 0 Å². The van der Waals surface area contributed by atoms with Gasteiger partial charge in [-0.1, -0.05) is 38.8 Å². The Balaban J connectivity index is 2.93. The summed E-state index contributed by atoms with van der Waals surface area (Å²) in [5, 5.41) is 0. The number of rotatable bonds is 6. The van der Waals surface area contributed by atoms with E-state index in [-0.39, 0.29) is 16.6 Å². The van der Waals surface area contributed by atoms with Crippen LogP contribution in [0.5, 0.6) is 0 Å². The Labute approximate surface area is 110 Å². The molecule has 0 saturated heterocycles. The third-order valence-corrected chi connectivity index (χ3v) is 4.94. The SMILES string of the molecule is CCC(CC)C(C)NS(=O)(=O)c1ccccc1N. The van der Waals surface area contributed by atoms with E-state index >= 15 is 0 Å². The predicted octanol–water partition coefficient (Wildman–Crippen LogP) is 2.37. The van der Waals surface area contributed by atoms with E-state index in [9.17, 15) is 8.42 Å². The molecule has 1 atom stereocenters. The van der Waals surface area contributed by atoms with Gasteiger partial charge < -0.3 is 5.73 Å². The zero-order valence-electron chi connectivity index (χ0n) is 11.2. The van der Waals surface area contributed by atoms with Crippen LogP contribution in [0.25, 0.3) is 0 Å². The first-order valence-electron chi connectivity index (χ1n) is 6.29. The summed E-state index contributed by atoms with van der Waals surface area (Å²) in [4.78, 5) is 0.155. The maximum absolute atomic E-state index is 12.2. The normalized spacial score (nSPS) is 13.8. The van der Waals surface area contributed by atoms with Crippen molar-refractivity contribution in [2.75, 3.05) is 5.73 Å². The summed E-state index contributed by atoms with van der Waals surface area (Å²) >= 11 is 0. The Bertz CT molecular complexity index is 482. The van der Waals surface area contributed by atoms with Crippen molar-refractivity contribution < 1.29 is 8.42 Å². The summed E-state index contributed by atoms with van der Waals surface area (Å²) < 4.78 is 27.1. The van der Waals surface area contributed by atoms with Crippen LogP contribution >= 0.6 is 0 Å². The number of hydrogen-bond donors (Lipinski definition) is 2. The van der Waals surface area contributed by atoms with Crippen LogP contribution in [0.2, 0.25) is 0 Å². The van der Waals surface area contributed by atoms with E-state index in [1.165, 1.54) is 6.07 Å². The molecule has 1 rings (SSSR count). The zero-order valence-corrected chi connectivity index (χ0v) is 12.0. The van der Waals surface area contributed by atoms with Crippen molar-refractivity contribution >= 4 is 15.7 Å². The quantitative estimate of drug-likeness (QED) is 0.779. The first-order valence-corrected chi connectivity index (χ1v) is 7.77. The van der Waals surface area contributed by atoms with Crippen LogP contribution in [-0.4, -0.2) is 14.5 Å². The number of sulfonamides is 1. The lowest BCUT2D eigenvalue weighted by Gasteiger charge is -2.22. The second-order valence-electron chi connectivity index (χ2n) is 4.52. The summed E-state index contributed by atoms with van der Waals surface area (Å²) in [6, 6.07) is 6.42. The van der Waals surface area contributed by atoms with E-state index in [0.29, 0.717) is 5.92 Å². The monoisotopic (exact) mass is 270 g/mol. The Morgan fingerprint density at radius 2 is 1.78 bits per heavy atom. The van der Waals surface area contributed by atoms with Crippen molar-refractivity contribution in [3.8, 4) is 0 Å². The molecule has 0 radical (unpaired) electrons. The van der Waals surface area contributed by atoms with Crippen molar-refractivity contribution in [2.24, 2.45) is 5.92 Å². The summed E-state index contributed by atoms with van der Waals surface area (Å²) in [5.41, 5.74) is 5.98. The number of nitrogen functional groups attached to an aromatic ring is 1. The average Bonchev–Trinajstić information content (AvgIpc) is 2.30. The molecule has 1 unspecified atom stereocenters. The fraction of sp³-hybridized carbons (Fsp3) is 0.538. The van der Waals surface area contributed by atoms with Crippen molar-refractivity contribution in [3.63, 3.8) is 0 Å². The number of para-hydroxylation sites is 1. The molecule has 1 aromatic rings. The number of hydrogen-bond acceptors (Lipinski definition) is 3. The molecule has 0 aliphatic rings. The minimum atomic E-state index is -3.53. The minimum Gasteiger partial charge on any atom is -0.398 e. The van der Waals surface area contributed by atoms with Crippen LogP contribution in [0, 0.1) is 5.92 Å². The highest BCUT2D eigenvalue weighted by atomic mass is 32.2. The second-order valence-corrected chi connectivity index (χ2v) is 6.21. The van der Waals surface area contributed by atoms with Crippen LogP contribution in [0.3, 0.4) is 0 Å². The van der Waals surface area contributed by atoms with Gasteiger partial charge in [0, 0.05) is 6.04 Å². The minimum absolute atomic E-state index is 0.0930. The first kappa shape index (κ1) is 15.0. The fourth-order valence-electron chi connectivity index (χ4n) is 2.13. The highest BCUT2D eigenvalue weighted by Crippen LogP contribution is 2.20. The third-order valence-electron chi connectivity index (χ3n) is 3.31. The molecule has 1 aromatic carbocycles. The van der Waals surface area contributed by atoms with Gasteiger partial charge in [0.1, 0.15) is 4.90 Å². The van der Waals surface area contributed by atoms with Crippen LogP contribution < -0.4 is 10.5 Å². The second kappa shape index (κ2) is 6.20. The van der Waals surface area contributed by atoms with Crippen LogP contribution in [-0.2, 0) is 10.0 Å². The molecule has 0 heterocycles. The smallest absolute Gasteiger partial charge is 0.242 e. The highest BCUT2D eigenvalue weighted by molar-refractivity contribution is 7.89. The summed E-state index contributed by atoms with van der Waals surface area (Å²) in [6.45, 7) is 6.03. The topological polar surface area (TPSA) is 72.2 Å². The predicted molar refractivity (Wildman–Crippen MR) is 74.7 cm³/mol. The lowest BCUT2D eigenvalue weighted by atomic mass is 9.96. The maximum Gasteiger partial charge on any atom is 0.242 e. The largest absolute Gasteiger partial charge is 0.398 e. The number of nitrogens with one attached hydrogen (secondary N) is 1. The molecular weight excluding hydrogens is 248 g/mol. The van der Waals surface area contributed by atoms with E-state index in [2.05, 4.69) is 18.6 Å². The Hall–Kier alpha value is -1.07. The standard InChI is InChI=1S/C13H22N2O2S/c1-4-11(5-2)10(3)15-18(16,17)13-9-7-6-8-12(13)14/h6-11,15H,4-5,14H2,1-3H3. The molecule has 0 aliphatic heterocycles. The molecule has 0 amide bonds. The van der Waals surface area contributed by atoms with Gasteiger partial charge in [0.2, 0.25) is 10.0 Å². The molecular formula is C13H22N2O2S. The molecule has 0 fully saturated rings. The number of nitrogens with two attached hydrogens (primary N) is 1. The van der Waals surface area contributed by atoms with Crippen molar-refractivity contribution in [1.29, 1.82) is 0 Å². The lowest BCUT2D eigenvalue weighted by Crippen LogP contribution is -2.37. The lowest BCUT2D eigenvalue weighted by molar-refractivity contribution is 0.391. The molecule has 0 aliphatic carbocycles. The zero-order chi connectivity index (χ0) is 13.8. The van der Waals surface area contributed by atoms with Gasteiger partial charge in [-0.05, 0) is 25.0 Å². The highest BCUT2D eigenvalue weighted by Gasteiger charge is 2.23. The van der Waals surface area contributed by atoms with Gasteiger partial charge in [0.25, 0.3) is 0 Å². The summed E-state index contributed by atoms with van der Waals surface area (Å²) in [6.07, 6.45) is 1.90. The van der Waals surface area contributed by atoms with E-state index in [1.54, 1.807) is 18.2 Å². The number of benzene rings is 1. The van der Waals surface area contributed by atoms with Crippen molar-refractivity contribution in [3.05, 3.63) is 24.3 Å². The molecule has 5 heteroatoms. The average molecular weight is 270 g/mol. The van der Waals surface area contributed by atoms with Gasteiger partial charge >= 0.3 is 0 Å². The fourth-order valence-corrected chi connectivity index (χ4v) is 3.57. The summed E-state index contributed by atoms with van der Waals surface area (Å²) in [7, 11) is -3.53. The molecule has 3 N–H and O–H groups in total. The van der Waals surface area contributed by atoms with Crippen molar-refractivity contribution in [2.45, 2.75) is 44.6 Å². The van der Waals surface area contributed by atoms with Gasteiger partial charge in [-0.2, -0.15) is 0 Å². The van der Waals surface area contributed by atoms with Gasteiger partial charge in [0.05, 0.1) is 5.69 Å². The Morgan fingerprint density at radius 3 is 2.28 bits per heavy atom. The molecule has 4 nitrogen and oxygen atoms in total. The van der Waals surface area contributed by atoms with Crippen LogP contribution in [0.15, 0.2) is 29.2 Å². The number of anilines is 1. The van der Waals surface area contributed by atoms with Gasteiger partial charge in [-0.3, -0.25) is 0 Å². The maximum atomic E-state index is 12.2. The molecule has 0 saturated carbocycles. The molecule has 0 bridgehead atoms. The Morgan fingerprint density at radius 1 is 1.22 bits per heavy atom. The van der Waals surface area contributed by atoms with Crippen molar-refractivity contribution in [1.82, 2.24) is 4.72 Å². The third kappa shape index (κ3) is 3.46. The molecule has 18 heavy (non-hydrogen) atoms. The van der Waals surface area contributed by atoms with Crippen LogP contribution in [0.4, 0.5) is 5.69 Å². The van der Waals surface area contributed by atoms with Gasteiger partial charge in [0.15, 0.2) is 0 Å². The Kier molecular flexibility index (Phi) is 5.16. The molecule has 0 aromatic heterocycles. The van der Waals surface area contributed by atoms with E-state index in [4.69, 9.17) is 5.73 Å². The van der Waals surface area contributed by atoms with E-state index in [0.717, 1.165) is 12.8 Å².